The number of rotatable bonds is 16. The van der Waals surface area contributed by atoms with E-state index in [1.54, 1.807) is 0 Å². The first-order chi connectivity index (χ1) is 34.7. The van der Waals surface area contributed by atoms with Crippen LogP contribution >= 0.6 is 11.3 Å². The third kappa shape index (κ3) is 9.65. The van der Waals surface area contributed by atoms with Gasteiger partial charge in [0, 0.05) is 25.0 Å². The molecule has 71 heavy (non-hydrogen) atoms. The predicted octanol–water partition coefficient (Wildman–Crippen LogP) is 8.55. The summed E-state index contributed by atoms with van der Waals surface area (Å²) < 4.78 is 48.2. The average molecular weight is 989 g/mol. The fourth-order valence-corrected chi connectivity index (χ4v) is 12.0. The number of thiazole rings is 1. The molecule has 2 unspecified atom stereocenters. The maximum Gasteiger partial charge on any atom is 0.407 e. The summed E-state index contributed by atoms with van der Waals surface area (Å²) in [6.45, 7) is -1.95. The van der Waals surface area contributed by atoms with Crippen molar-refractivity contribution in [1.82, 2.24) is 20.1 Å². The van der Waals surface area contributed by atoms with Crippen molar-refractivity contribution in [2.24, 2.45) is 5.16 Å². The Hall–Kier alpha value is -7.66. The Morgan fingerprint density at radius 2 is 1.31 bits per heavy atom. The van der Waals surface area contributed by atoms with Crippen molar-refractivity contribution in [2.45, 2.75) is 42.6 Å². The Labute approximate surface area is 415 Å². The molecule has 6 aromatic carbocycles. The minimum atomic E-state index is -3.40. The van der Waals surface area contributed by atoms with Crippen LogP contribution in [0.5, 0.6) is 0 Å². The number of fused-ring (bicyclic) bond motifs is 2. The summed E-state index contributed by atoms with van der Waals surface area (Å²) in [4.78, 5) is 56.0. The molecular weight excluding hydrogens is 943 g/mol. The van der Waals surface area contributed by atoms with Crippen molar-refractivity contribution in [3.63, 3.8) is 0 Å². The summed E-state index contributed by atoms with van der Waals surface area (Å²) in [6.07, 6.45) is -0.0954. The standard InChI is InChI=1S/C55H46F2N6O6S2/c56-53(57)69-61-45(44-34-70-54(58-44)60-55(41-24-10-3-11-25-41,42-26-12-4-13-27-42)43-28-14-5-15-29-43)49(64)59-46-50(65)63-47(52(66)68-48(37-19-6-1-7-20-37)38-21-8-2-9-22-38)40(35-71(67)51(46)63)33-62-31-30-36-18-16-17-23-39(36)32-62/h1-29,34,46,48,51,53H,30-33,35H2,(H,58,60)(H,59,64)/t46?,51-,71?/m1/s1. The molecule has 2 N–H and O–H groups in total. The molecule has 4 heterocycles. The van der Waals surface area contributed by atoms with Crippen LogP contribution in [-0.2, 0) is 53.3 Å². The van der Waals surface area contributed by atoms with Gasteiger partial charge in [-0.15, -0.1) is 11.3 Å². The highest BCUT2D eigenvalue weighted by Crippen LogP contribution is 2.42. The molecule has 7 aromatic rings. The van der Waals surface area contributed by atoms with Gasteiger partial charge in [-0.3, -0.25) is 23.6 Å². The largest absolute Gasteiger partial charge is 0.448 e. The topological polar surface area (TPSA) is 143 Å². The first kappa shape index (κ1) is 47.0. The Balaban J connectivity index is 0.955. The minimum absolute atomic E-state index is 0.0512. The lowest BCUT2D eigenvalue weighted by molar-refractivity contribution is -0.154. The van der Waals surface area contributed by atoms with E-state index >= 15 is 0 Å². The first-order valence-corrected chi connectivity index (χ1v) is 25.2. The summed E-state index contributed by atoms with van der Waals surface area (Å²) in [5, 5.41) is 10.3. The highest BCUT2D eigenvalue weighted by molar-refractivity contribution is 7.86. The van der Waals surface area contributed by atoms with Gasteiger partial charge in [0.05, 0.1) is 16.6 Å². The molecule has 10 rings (SSSR count). The number of alkyl halides is 2. The SMILES string of the molecule is O=C(NC1C(=O)N2C(C(=O)OC(c3ccccc3)c3ccccc3)=C(CN3CCc4ccccc4C3)CS(=O)[C@H]12)C(=NOC(F)F)c1csc(NC(c2ccccc2)(c2ccccc2)c2ccccc2)n1. The second kappa shape index (κ2) is 20.7. The smallest absolute Gasteiger partial charge is 0.407 e. The number of hydrogen-bond acceptors (Lipinski definition) is 11. The molecule has 2 amide bonds. The summed E-state index contributed by atoms with van der Waals surface area (Å²) >= 11 is 1.10. The number of carbonyl (C=O) groups excluding carboxylic acids is 3. The number of carbonyl (C=O) groups is 3. The number of benzene rings is 6. The molecule has 3 aliphatic heterocycles. The second-order valence-corrected chi connectivity index (χ2v) is 19.6. The quantitative estimate of drug-likeness (QED) is 0.0320. The molecule has 1 saturated heterocycles. The van der Waals surface area contributed by atoms with Crippen molar-refractivity contribution in [3.05, 3.63) is 237 Å². The number of anilines is 1. The summed E-state index contributed by atoms with van der Waals surface area (Å²) in [5.74, 6) is -2.73. The lowest BCUT2D eigenvalue weighted by atomic mass is 9.77. The number of nitrogens with zero attached hydrogens (tertiary/aromatic N) is 4. The maximum atomic E-state index is 14.8. The number of nitrogens with one attached hydrogen (secondary N) is 2. The van der Waals surface area contributed by atoms with Crippen LogP contribution in [0.4, 0.5) is 13.9 Å². The zero-order valence-corrected chi connectivity index (χ0v) is 39.6. The maximum absolute atomic E-state index is 14.8. The van der Waals surface area contributed by atoms with E-state index in [9.17, 15) is 27.4 Å². The molecule has 0 bridgehead atoms. The fourth-order valence-electron chi connectivity index (χ4n) is 9.56. The number of β-lactam (4-membered cyclic amide) rings is 1. The van der Waals surface area contributed by atoms with Crippen molar-refractivity contribution in [3.8, 4) is 0 Å². The third-order valence-corrected chi connectivity index (χ3v) is 15.3. The first-order valence-electron chi connectivity index (χ1n) is 22.9. The number of oxime groups is 1. The van der Waals surface area contributed by atoms with Gasteiger partial charge in [-0.05, 0) is 50.9 Å². The van der Waals surface area contributed by atoms with Gasteiger partial charge in [0.2, 0.25) is 0 Å². The van der Waals surface area contributed by atoms with Crippen molar-refractivity contribution in [1.29, 1.82) is 0 Å². The van der Waals surface area contributed by atoms with E-state index in [-0.39, 0.29) is 23.7 Å². The van der Waals surface area contributed by atoms with E-state index in [4.69, 9.17) is 9.72 Å². The molecule has 16 heteroatoms. The average Bonchev–Trinajstić information content (AvgIpc) is 3.87. The zero-order chi connectivity index (χ0) is 48.9. The van der Waals surface area contributed by atoms with E-state index < -0.39 is 64.0 Å². The molecule has 1 fully saturated rings. The molecule has 12 nitrogen and oxygen atoms in total. The van der Waals surface area contributed by atoms with Gasteiger partial charge in [0.15, 0.2) is 16.9 Å². The van der Waals surface area contributed by atoms with Crippen molar-refractivity contribution in [2.75, 3.05) is 24.2 Å². The summed E-state index contributed by atoms with van der Waals surface area (Å²) in [5.41, 5.74) is 4.96. The highest BCUT2D eigenvalue weighted by atomic mass is 32.2. The highest BCUT2D eigenvalue weighted by Gasteiger charge is 2.58. The summed E-state index contributed by atoms with van der Waals surface area (Å²) in [7, 11) is -1.84. The number of aromatic nitrogens is 1. The van der Waals surface area contributed by atoms with Crippen LogP contribution in [0.3, 0.4) is 0 Å². The third-order valence-electron chi connectivity index (χ3n) is 12.8. The van der Waals surface area contributed by atoms with E-state index in [0.29, 0.717) is 34.9 Å². The molecule has 3 aliphatic rings. The van der Waals surface area contributed by atoms with Gasteiger partial charge in [0.1, 0.15) is 28.3 Å². The van der Waals surface area contributed by atoms with Crippen LogP contribution < -0.4 is 10.6 Å². The number of ether oxygens (including phenoxy) is 1. The Kier molecular flexibility index (Phi) is 13.7. The van der Waals surface area contributed by atoms with Gasteiger partial charge in [-0.25, -0.2) is 9.78 Å². The van der Waals surface area contributed by atoms with Crippen LogP contribution in [0, 0.1) is 0 Å². The molecule has 0 aliphatic carbocycles. The Bertz CT molecular complexity index is 2990. The fraction of sp³-hybridized carbons (Fsp3) is 0.182. The molecule has 358 valence electrons. The number of halogens is 2. The zero-order valence-electron chi connectivity index (χ0n) is 38.0. The monoisotopic (exact) mass is 988 g/mol. The molecule has 0 spiro atoms. The van der Waals surface area contributed by atoms with E-state index in [1.165, 1.54) is 10.9 Å². The molecule has 1 aromatic heterocycles. The number of amides is 2. The molecule has 3 atom stereocenters. The summed E-state index contributed by atoms with van der Waals surface area (Å²) in [6, 6.07) is 54.2. The van der Waals surface area contributed by atoms with Crippen LogP contribution in [0.25, 0.3) is 0 Å². The van der Waals surface area contributed by atoms with Gasteiger partial charge in [-0.2, -0.15) is 8.78 Å². The normalized spacial score (nSPS) is 18.1. The lowest BCUT2D eigenvalue weighted by Gasteiger charge is -2.49. The predicted molar refractivity (Wildman–Crippen MR) is 267 cm³/mol. The minimum Gasteiger partial charge on any atom is -0.448 e. The van der Waals surface area contributed by atoms with Crippen LogP contribution in [-0.4, -0.2) is 79.4 Å². The van der Waals surface area contributed by atoms with Gasteiger partial charge < -0.3 is 20.2 Å². The van der Waals surface area contributed by atoms with Gasteiger partial charge >= 0.3 is 12.6 Å². The van der Waals surface area contributed by atoms with Crippen molar-refractivity contribution < 1.29 is 36.9 Å². The van der Waals surface area contributed by atoms with E-state index in [0.717, 1.165) is 44.9 Å². The van der Waals surface area contributed by atoms with Crippen molar-refractivity contribution >= 4 is 50.8 Å². The van der Waals surface area contributed by atoms with Gasteiger partial charge in [-0.1, -0.05) is 181 Å². The number of hydrogen-bond donors (Lipinski definition) is 2. The van der Waals surface area contributed by atoms with Crippen LogP contribution in [0.15, 0.2) is 198 Å². The Morgan fingerprint density at radius 3 is 1.87 bits per heavy atom. The molecule has 0 radical (unpaired) electrons. The molecule has 0 saturated carbocycles. The van der Waals surface area contributed by atoms with E-state index in [1.807, 2.05) is 164 Å². The molecular formula is C55H46F2N6O6S2. The van der Waals surface area contributed by atoms with Gasteiger partial charge in [0.25, 0.3) is 11.8 Å². The van der Waals surface area contributed by atoms with Crippen LogP contribution in [0.1, 0.15) is 50.7 Å². The second-order valence-electron chi connectivity index (χ2n) is 17.2. The van der Waals surface area contributed by atoms with Crippen LogP contribution in [0.2, 0.25) is 0 Å². The lowest BCUT2D eigenvalue weighted by Crippen LogP contribution is -2.74. The number of esters is 1. The van der Waals surface area contributed by atoms with E-state index in [2.05, 4.69) is 37.7 Å². The Morgan fingerprint density at radius 1 is 0.775 bits per heavy atom.